The highest BCUT2D eigenvalue weighted by atomic mass is 19.1. The van der Waals surface area contributed by atoms with Crippen LogP contribution in [0.3, 0.4) is 0 Å². The van der Waals surface area contributed by atoms with E-state index in [0.29, 0.717) is 44.8 Å². The van der Waals surface area contributed by atoms with Gasteiger partial charge < -0.3 is 15.8 Å². The van der Waals surface area contributed by atoms with E-state index < -0.39 is 0 Å². The third kappa shape index (κ3) is 5.86. The molecule has 0 spiro atoms. The Morgan fingerprint density at radius 1 is 1.35 bits per heavy atom. The van der Waals surface area contributed by atoms with Gasteiger partial charge in [0.25, 0.3) is 0 Å². The Morgan fingerprint density at radius 3 is 2.74 bits per heavy atom. The summed E-state index contributed by atoms with van der Waals surface area (Å²) in [6, 6.07) is 5.87. The molecule has 0 atom stereocenters. The number of nitrogens with one attached hydrogen (secondary N) is 1. The first-order valence-corrected chi connectivity index (χ1v) is 7.71. The maximum absolute atomic E-state index is 13.0. The molecule has 0 aliphatic carbocycles. The number of amides is 2. The number of carbonyl (C=O) groups excluding carboxylic acids is 2. The highest BCUT2D eigenvalue weighted by Crippen LogP contribution is 2.16. The summed E-state index contributed by atoms with van der Waals surface area (Å²) in [5, 5.41) is 2.76. The number of hydrogen-bond donors (Lipinski definition) is 2. The lowest BCUT2D eigenvalue weighted by Gasteiger charge is -2.29. The fourth-order valence-electron chi connectivity index (χ4n) is 2.55. The van der Waals surface area contributed by atoms with E-state index in [1.165, 1.54) is 12.1 Å². The molecule has 0 bridgehead atoms. The van der Waals surface area contributed by atoms with Crippen molar-refractivity contribution in [3.8, 4) is 5.75 Å². The van der Waals surface area contributed by atoms with Gasteiger partial charge in [-0.05, 0) is 38.1 Å². The Hall–Kier alpha value is -2.15. The van der Waals surface area contributed by atoms with E-state index in [-0.39, 0.29) is 30.2 Å². The first kappa shape index (κ1) is 17.2. The molecule has 0 aromatic heterocycles. The number of carbonyl (C=O) groups is 2. The van der Waals surface area contributed by atoms with Gasteiger partial charge in [0.05, 0.1) is 13.1 Å². The maximum Gasteiger partial charge on any atom is 0.234 e. The van der Waals surface area contributed by atoms with E-state index in [1.54, 1.807) is 12.1 Å². The fraction of sp³-hybridized carbons (Fsp3) is 0.500. The summed E-state index contributed by atoms with van der Waals surface area (Å²) >= 11 is 0. The predicted molar refractivity (Wildman–Crippen MR) is 83.3 cm³/mol. The molecule has 0 unspecified atom stereocenters. The number of hydrogen-bond acceptors (Lipinski definition) is 4. The van der Waals surface area contributed by atoms with Gasteiger partial charge in [-0.2, -0.15) is 0 Å². The molecule has 23 heavy (non-hydrogen) atoms. The first-order valence-electron chi connectivity index (χ1n) is 7.71. The molecule has 1 aromatic carbocycles. The Labute approximate surface area is 134 Å². The van der Waals surface area contributed by atoms with Crippen LogP contribution in [-0.4, -0.2) is 49.5 Å². The lowest BCUT2D eigenvalue weighted by molar-refractivity contribution is -0.124. The minimum atomic E-state index is -0.356. The van der Waals surface area contributed by atoms with E-state index in [2.05, 4.69) is 5.32 Å². The average molecular weight is 323 g/mol. The largest absolute Gasteiger partial charge is 0.492 e. The summed E-state index contributed by atoms with van der Waals surface area (Å²) in [6.45, 7) is 2.32. The van der Waals surface area contributed by atoms with E-state index >= 15 is 0 Å². The lowest BCUT2D eigenvalue weighted by Crippen LogP contribution is -2.44. The van der Waals surface area contributed by atoms with Crippen molar-refractivity contribution in [3.63, 3.8) is 0 Å². The SMILES string of the molecule is NC(=O)C1CCN(CC(=O)NCCOc2cccc(F)c2)CC1. The molecule has 7 heteroatoms. The molecule has 0 radical (unpaired) electrons. The van der Waals surface area contributed by atoms with Gasteiger partial charge in [-0.1, -0.05) is 6.07 Å². The van der Waals surface area contributed by atoms with Gasteiger partial charge in [-0.15, -0.1) is 0 Å². The molecule has 2 amide bonds. The van der Waals surface area contributed by atoms with Gasteiger partial charge in [-0.3, -0.25) is 14.5 Å². The van der Waals surface area contributed by atoms with Gasteiger partial charge >= 0.3 is 0 Å². The normalized spacial score (nSPS) is 16.0. The zero-order valence-electron chi connectivity index (χ0n) is 13.0. The van der Waals surface area contributed by atoms with Gasteiger partial charge in [-0.25, -0.2) is 4.39 Å². The van der Waals surface area contributed by atoms with Gasteiger partial charge in [0.15, 0.2) is 0 Å². The number of nitrogens with zero attached hydrogens (tertiary/aromatic N) is 1. The molecule has 1 aliphatic heterocycles. The van der Waals surface area contributed by atoms with E-state index in [4.69, 9.17) is 10.5 Å². The Balaban J connectivity index is 1.59. The Morgan fingerprint density at radius 2 is 2.09 bits per heavy atom. The van der Waals surface area contributed by atoms with Crippen molar-refractivity contribution < 1.29 is 18.7 Å². The monoisotopic (exact) mass is 323 g/mol. The molecule has 1 saturated heterocycles. The van der Waals surface area contributed by atoms with Crippen LogP contribution in [-0.2, 0) is 9.59 Å². The topological polar surface area (TPSA) is 84.7 Å². The van der Waals surface area contributed by atoms with Crippen molar-refractivity contribution in [2.75, 3.05) is 32.8 Å². The molecule has 1 heterocycles. The third-order valence-corrected chi connectivity index (χ3v) is 3.85. The van der Waals surface area contributed by atoms with Crippen LogP contribution in [0.1, 0.15) is 12.8 Å². The van der Waals surface area contributed by atoms with Crippen LogP contribution >= 0.6 is 0 Å². The third-order valence-electron chi connectivity index (χ3n) is 3.85. The number of rotatable bonds is 7. The van der Waals surface area contributed by atoms with Crippen LogP contribution in [0.2, 0.25) is 0 Å². The molecule has 2 rings (SSSR count). The average Bonchev–Trinajstić information content (AvgIpc) is 2.52. The highest BCUT2D eigenvalue weighted by Gasteiger charge is 2.23. The highest BCUT2D eigenvalue weighted by molar-refractivity contribution is 5.78. The number of primary amides is 1. The molecular weight excluding hydrogens is 301 g/mol. The van der Waals surface area contributed by atoms with Gasteiger partial charge in [0.1, 0.15) is 18.2 Å². The second-order valence-electron chi connectivity index (χ2n) is 5.61. The lowest BCUT2D eigenvalue weighted by atomic mass is 9.96. The molecule has 6 nitrogen and oxygen atoms in total. The van der Waals surface area contributed by atoms with Gasteiger partial charge in [0.2, 0.25) is 11.8 Å². The van der Waals surface area contributed by atoms with Crippen LogP contribution < -0.4 is 15.8 Å². The van der Waals surface area contributed by atoms with E-state index in [9.17, 15) is 14.0 Å². The molecule has 0 saturated carbocycles. The quantitative estimate of drug-likeness (QED) is 0.717. The summed E-state index contributed by atoms with van der Waals surface area (Å²) in [6.07, 6.45) is 1.40. The number of nitrogens with two attached hydrogens (primary N) is 1. The second kappa shape index (κ2) is 8.47. The first-order chi connectivity index (χ1) is 11.0. The van der Waals surface area contributed by atoms with Crippen LogP contribution in [0.4, 0.5) is 4.39 Å². The van der Waals surface area contributed by atoms with Crippen LogP contribution in [0.5, 0.6) is 5.75 Å². The summed E-state index contributed by atoms with van der Waals surface area (Å²) in [7, 11) is 0. The minimum Gasteiger partial charge on any atom is -0.492 e. The summed E-state index contributed by atoms with van der Waals surface area (Å²) < 4.78 is 18.3. The van der Waals surface area contributed by atoms with Crippen LogP contribution in [0, 0.1) is 11.7 Å². The number of piperidine rings is 1. The molecule has 1 fully saturated rings. The number of ether oxygens (including phenoxy) is 1. The smallest absolute Gasteiger partial charge is 0.234 e. The molecule has 1 aromatic rings. The van der Waals surface area contributed by atoms with Crippen LogP contribution in [0.25, 0.3) is 0 Å². The summed E-state index contributed by atoms with van der Waals surface area (Å²) in [4.78, 5) is 24.9. The second-order valence-corrected chi connectivity index (χ2v) is 5.61. The minimum absolute atomic E-state index is 0.0750. The summed E-state index contributed by atoms with van der Waals surface area (Å²) in [5.74, 6) is -0.346. The molecule has 3 N–H and O–H groups in total. The standard InChI is InChI=1S/C16H22FN3O3/c17-13-2-1-3-14(10-13)23-9-6-19-15(21)11-20-7-4-12(5-8-20)16(18)22/h1-3,10,12H,4-9,11H2,(H2,18,22)(H,19,21). The summed E-state index contributed by atoms with van der Waals surface area (Å²) in [5.41, 5.74) is 5.28. The molecular formula is C16H22FN3O3. The number of halogens is 1. The maximum atomic E-state index is 13.0. The zero-order chi connectivity index (χ0) is 16.7. The van der Waals surface area contributed by atoms with Crippen molar-refractivity contribution in [3.05, 3.63) is 30.1 Å². The molecule has 1 aliphatic rings. The fourth-order valence-corrected chi connectivity index (χ4v) is 2.55. The molecule has 126 valence electrons. The van der Waals surface area contributed by atoms with E-state index in [1.807, 2.05) is 4.90 Å². The van der Waals surface area contributed by atoms with Crippen molar-refractivity contribution in [1.29, 1.82) is 0 Å². The Bertz CT molecular complexity index is 545. The predicted octanol–water partition coefficient (Wildman–Crippen LogP) is 0.518. The van der Waals surface area contributed by atoms with Crippen molar-refractivity contribution in [2.24, 2.45) is 11.7 Å². The van der Waals surface area contributed by atoms with Crippen molar-refractivity contribution in [2.45, 2.75) is 12.8 Å². The van der Waals surface area contributed by atoms with E-state index in [0.717, 1.165) is 0 Å². The van der Waals surface area contributed by atoms with Crippen LogP contribution in [0.15, 0.2) is 24.3 Å². The van der Waals surface area contributed by atoms with Crippen molar-refractivity contribution in [1.82, 2.24) is 10.2 Å². The van der Waals surface area contributed by atoms with Gasteiger partial charge in [0, 0.05) is 12.0 Å². The van der Waals surface area contributed by atoms with Crippen molar-refractivity contribution >= 4 is 11.8 Å². The number of benzene rings is 1. The zero-order valence-corrected chi connectivity index (χ0v) is 13.0. The Kier molecular flexibility index (Phi) is 6.34. The number of likely N-dealkylation sites (tertiary alicyclic amines) is 1.